The summed E-state index contributed by atoms with van der Waals surface area (Å²) in [4.78, 5) is 31.5. The van der Waals surface area contributed by atoms with Crippen LogP contribution in [-0.4, -0.2) is 20.8 Å². The third kappa shape index (κ3) is 4.58. The van der Waals surface area contributed by atoms with Gasteiger partial charge in [0.1, 0.15) is 11.5 Å². The van der Waals surface area contributed by atoms with Crippen molar-refractivity contribution in [1.29, 1.82) is 0 Å². The normalized spacial score (nSPS) is 10.2. The Labute approximate surface area is 160 Å². The highest BCUT2D eigenvalue weighted by Crippen LogP contribution is 2.28. The van der Waals surface area contributed by atoms with Gasteiger partial charge in [0.05, 0.1) is 10.5 Å². The summed E-state index contributed by atoms with van der Waals surface area (Å²) in [6.07, 6.45) is 0. The van der Waals surface area contributed by atoms with E-state index in [4.69, 9.17) is 4.74 Å². The fourth-order valence-corrected chi connectivity index (χ4v) is 2.48. The lowest BCUT2D eigenvalue weighted by Gasteiger charge is -2.12. The lowest BCUT2D eigenvalue weighted by molar-refractivity contribution is -0.384. The molecule has 3 aromatic rings. The average Bonchev–Trinajstić information content (AvgIpc) is 2.66. The predicted molar refractivity (Wildman–Crippen MR) is 102 cm³/mol. The molecular formula is C19H17N5O4. The number of carbonyl (C=O) groups excluding carboxylic acids is 1. The molecule has 28 heavy (non-hydrogen) atoms. The van der Waals surface area contributed by atoms with Crippen LogP contribution in [0.4, 0.5) is 11.6 Å². The first-order valence-electron chi connectivity index (χ1n) is 8.32. The summed E-state index contributed by atoms with van der Waals surface area (Å²) in [5.74, 6) is 0.257. The number of ether oxygens (including phenoxy) is 1. The molecule has 1 amide bonds. The number of nitro groups is 1. The maximum absolute atomic E-state index is 12.6. The van der Waals surface area contributed by atoms with Crippen molar-refractivity contribution >= 4 is 17.5 Å². The van der Waals surface area contributed by atoms with E-state index in [-0.39, 0.29) is 22.9 Å². The summed E-state index contributed by atoms with van der Waals surface area (Å²) in [5.41, 5.74) is 6.29. The number of non-ortho nitro benzene ring substituents is 1. The van der Waals surface area contributed by atoms with Crippen molar-refractivity contribution in [1.82, 2.24) is 15.4 Å². The molecule has 0 radical (unpaired) electrons. The van der Waals surface area contributed by atoms with E-state index in [1.807, 2.05) is 6.07 Å². The minimum atomic E-state index is -0.627. The molecule has 0 aliphatic carbocycles. The summed E-state index contributed by atoms with van der Waals surface area (Å²) in [5, 5.41) is 11.1. The van der Waals surface area contributed by atoms with Crippen molar-refractivity contribution in [3.05, 3.63) is 81.7 Å². The standard InChI is InChI=1S/C19H17N5O4/c1-12-10-13(2)21-19(20-12)23-22-18(25)16-11-14(24(26)27)8-9-17(16)28-15-6-4-3-5-7-15/h3-11H,1-2H3,(H,22,25)(H,20,21,23). The van der Waals surface area contributed by atoms with E-state index in [1.54, 1.807) is 44.2 Å². The minimum Gasteiger partial charge on any atom is -0.457 e. The Morgan fingerprint density at radius 1 is 1.04 bits per heavy atom. The van der Waals surface area contributed by atoms with Gasteiger partial charge in [-0.05, 0) is 38.1 Å². The van der Waals surface area contributed by atoms with Crippen LogP contribution >= 0.6 is 0 Å². The number of hydrogen-bond acceptors (Lipinski definition) is 7. The van der Waals surface area contributed by atoms with E-state index in [1.165, 1.54) is 12.1 Å². The highest BCUT2D eigenvalue weighted by molar-refractivity contribution is 5.98. The summed E-state index contributed by atoms with van der Waals surface area (Å²) in [6, 6.07) is 14.4. The molecule has 9 nitrogen and oxygen atoms in total. The maximum atomic E-state index is 12.6. The van der Waals surface area contributed by atoms with E-state index >= 15 is 0 Å². The number of rotatable bonds is 6. The summed E-state index contributed by atoms with van der Waals surface area (Å²) >= 11 is 0. The molecule has 2 N–H and O–H groups in total. The molecule has 1 heterocycles. The Balaban J connectivity index is 1.85. The van der Waals surface area contributed by atoms with Gasteiger partial charge < -0.3 is 4.74 Å². The lowest BCUT2D eigenvalue weighted by Crippen LogP contribution is -2.30. The molecule has 0 unspecified atom stereocenters. The Kier molecular flexibility index (Phi) is 5.45. The Morgan fingerprint density at radius 2 is 1.71 bits per heavy atom. The van der Waals surface area contributed by atoms with Gasteiger partial charge in [0.2, 0.25) is 5.95 Å². The number of hydrogen-bond donors (Lipinski definition) is 2. The number of nitrogens with one attached hydrogen (secondary N) is 2. The molecule has 2 aromatic carbocycles. The monoisotopic (exact) mass is 379 g/mol. The Hall–Kier alpha value is -4.01. The van der Waals surface area contributed by atoms with Crippen LogP contribution in [0, 0.1) is 24.0 Å². The van der Waals surface area contributed by atoms with Crippen molar-refractivity contribution in [2.75, 3.05) is 5.43 Å². The zero-order chi connectivity index (χ0) is 20.1. The molecule has 9 heteroatoms. The molecule has 0 atom stereocenters. The SMILES string of the molecule is Cc1cc(C)nc(NNC(=O)c2cc([N+](=O)[O-])ccc2Oc2ccccc2)n1. The number of nitro benzene ring substituents is 1. The van der Waals surface area contributed by atoms with E-state index in [2.05, 4.69) is 20.8 Å². The zero-order valence-corrected chi connectivity index (χ0v) is 15.2. The second-order valence-corrected chi connectivity index (χ2v) is 5.91. The van der Waals surface area contributed by atoms with Crippen molar-refractivity contribution in [3.8, 4) is 11.5 Å². The highest BCUT2D eigenvalue weighted by atomic mass is 16.6. The first-order valence-corrected chi connectivity index (χ1v) is 8.32. The van der Waals surface area contributed by atoms with Gasteiger partial charge in [0.15, 0.2) is 0 Å². The molecule has 0 bridgehead atoms. The zero-order valence-electron chi connectivity index (χ0n) is 15.2. The molecule has 0 spiro atoms. The summed E-state index contributed by atoms with van der Waals surface area (Å²) < 4.78 is 5.71. The molecule has 142 valence electrons. The smallest absolute Gasteiger partial charge is 0.273 e. The third-order valence-corrected chi connectivity index (χ3v) is 3.66. The van der Waals surface area contributed by atoms with E-state index in [9.17, 15) is 14.9 Å². The fourth-order valence-electron chi connectivity index (χ4n) is 2.48. The van der Waals surface area contributed by atoms with Gasteiger partial charge in [-0.3, -0.25) is 25.8 Å². The number of anilines is 1. The van der Waals surface area contributed by atoms with Crippen molar-refractivity contribution in [2.45, 2.75) is 13.8 Å². The van der Waals surface area contributed by atoms with Crippen molar-refractivity contribution in [3.63, 3.8) is 0 Å². The van der Waals surface area contributed by atoms with Crippen LogP contribution in [0.3, 0.4) is 0 Å². The Morgan fingerprint density at radius 3 is 2.36 bits per heavy atom. The first kappa shape index (κ1) is 18.8. The lowest BCUT2D eigenvalue weighted by atomic mass is 10.1. The number of para-hydroxylation sites is 1. The second kappa shape index (κ2) is 8.12. The average molecular weight is 379 g/mol. The Bertz CT molecular complexity index is 1000. The van der Waals surface area contributed by atoms with Gasteiger partial charge >= 0.3 is 0 Å². The van der Waals surface area contributed by atoms with Crippen LogP contribution in [0.2, 0.25) is 0 Å². The molecule has 0 fully saturated rings. The quantitative estimate of drug-likeness (QED) is 0.496. The van der Waals surface area contributed by atoms with Crippen LogP contribution in [0.15, 0.2) is 54.6 Å². The van der Waals surface area contributed by atoms with Gasteiger partial charge in [-0.15, -0.1) is 0 Å². The number of aromatic nitrogens is 2. The van der Waals surface area contributed by atoms with E-state index in [0.717, 1.165) is 17.5 Å². The molecule has 0 saturated heterocycles. The topological polar surface area (TPSA) is 119 Å². The van der Waals surface area contributed by atoms with Gasteiger partial charge in [0, 0.05) is 23.5 Å². The molecular weight excluding hydrogens is 362 g/mol. The van der Waals surface area contributed by atoms with Crippen LogP contribution < -0.4 is 15.6 Å². The number of carbonyl (C=O) groups is 1. The number of benzene rings is 2. The van der Waals surface area contributed by atoms with Crippen LogP contribution in [0.5, 0.6) is 11.5 Å². The highest BCUT2D eigenvalue weighted by Gasteiger charge is 2.19. The number of nitrogens with zero attached hydrogens (tertiary/aromatic N) is 3. The molecule has 0 aliphatic heterocycles. The van der Waals surface area contributed by atoms with Crippen LogP contribution in [0.25, 0.3) is 0 Å². The molecule has 1 aromatic heterocycles. The second-order valence-electron chi connectivity index (χ2n) is 5.91. The van der Waals surface area contributed by atoms with Gasteiger partial charge in [-0.2, -0.15) is 0 Å². The van der Waals surface area contributed by atoms with Crippen molar-refractivity contribution < 1.29 is 14.5 Å². The van der Waals surface area contributed by atoms with Crippen LogP contribution in [0.1, 0.15) is 21.7 Å². The summed E-state index contributed by atoms with van der Waals surface area (Å²) in [7, 11) is 0. The first-order chi connectivity index (χ1) is 13.4. The van der Waals surface area contributed by atoms with Gasteiger partial charge in [0.25, 0.3) is 11.6 Å². The molecule has 0 saturated carbocycles. The number of aryl methyl sites for hydroxylation is 2. The number of amides is 1. The summed E-state index contributed by atoms with van der Waals surface area (Å²) in [6.45, 7) is 3.60. The van der Waals surface area contributed by atoms with Gasteiger partial charge in [-0.25, -0.2) is 9.97 Å². The molecule has 0 aliphatic rings. The number of hydrazine groups is 1. The molecule has 3 rings (SSSR count). The predicted octanol–water partition coefficient (Wildman–Crippen LogP) is 3.55. The fraction of sp³-hybridized carbons (Fsp3) is 0.105. The van der Waals surface area contributed by atoms with Crippen molar-refractivity contribution in [2.24, 2.45) is 0 Å². The van der Waals surface area contributed by atoms with E-state index < -0.39 is 10.8 Å². The third-order valence-electron chi connectivity index (χ3n) is 3.66. The largest absolute Gasteiger partial charge is 0.457 e. The van der Waals surface area contributed by atoms with Crippen LogP contribution in [-0.2, 0) is 0 Å². The van der Waals surface area contributed by atoms with E-state index in [0.29, 0.717) is 5.75 Å². The van der Waals surface area contributed by atoms with Gasteiger partial charge in [-0.1, -0.05) is 18.2 Å². The minimum absolute atomic E-state index is 0.00470. The maximum Gasteiger partial charge on any atom is 0.273 e.